The van der Waals surface area contributed by atoms with Gasteiger partial charge in [-0.3, -0.25) is 4.79 Å². The van der Waals surface area contributed by atoms with Gasteiger partial charge in [-0.1, -0.05) is 29.3 Å². The zero-order valence-corrected chi connectivity index (χ0v) is 17.4. The number of benzene rings is 2. The van der Waals surface area contributed by atoms with Gasteiger partial charge in [0.05, 0.1) is 10.0 Å². The van der Waals surface area contributed by atoms with Gasteiger partial charge in [0.15, 0.2) is 0 Å². The maximum atomic E-state index is 12.5. The van der Waals surface area contributed by atoms with Gasteiger partial charge in [0.1, 0.15) is 11.8 Å². The molecule has 9 heteroatoms. The molecule has 3 amide bonds. The third-order valence-electron chi connectivity index (χ3n) is 4.68. The number of nitrogens with one attached hydrogen (secondary N) is 2. The summed E-state index contributed by atoms with van der Waals surface area (Å²) in [6, 6.07) is 10.7. The molecular formula is C20H22Cl2N4O3. The fourth-order valence-corrected chi connectivity index (χ4v) is 3.32. The smallest absolute Gasteiger partial charge is 0.318 e. The van der Waals surface area contributed by atoms with Crippen molar-refractivity contribution >= 4 is 46.5 Å². The van der Waals surface area contributed by atoms with Gasteiger partial charge < -0.3 is 25.5 Å². The number of piperazine rings is 1. The molecule has 1 heterocycles. The second-order valence-corrected chi connectivity index (χ2v) is 7.60. The first-order valence-electron chi connectivity index (χ1n) is 9.19. The number of rotatable bonds is 4. The second kappa shape index (κ2) is 9.24. The van der Waals surface area contributed by atoms with E-state index in [4.69, 9.17) is 23.2 Å². The van der Waals surface area contributed by atoms with Crippen LogP contribution in [0.2, 0.25) is 10.0 Å². The summed E-state index contributed by atoms with van der Waals surface area (Å²) in [5, 5.41) is 15.8. The molecule has 0 unspecified atom stereocenters. The number of phenols is 1. The molecule has 0 aliphatic carbocycles. The highest BCUT2D eigenvalue weighted by molar-refractivity contribution is 6.42. The number of carbonyl (C=O) groups is 2. The minimum atomic E-state index is -0.724. The van der Waals surface area contributed by atoms with Crippen molar-refractivity contribution in [3.05, 3.63) is 52.5 Å². The van der Waals surface area contributed by atoms with Crippen LogP contribution in [0.1, 0.15) is 6.92 Å². The Labute approximate surface area is 179 Å². The van der Waals surface area contributed by atoms with Crippen LogP contribution < -0.4 is 15.5 Å². The lowest BCUT2D eigenvalue weighted by molar-refractivity contribution is -0.117. The third kappa shape index (κ3) is 5.46. The van der Waals surface area contributed by atoms with E-state index in [0.29, 0.717) is 41.9 Å². The topological polar surface area (TPSA) is 84.9 Å². The third-order valence-corrected chi connectivity index (χ3v) is 5.42. The van der Waals surface area contributed by atoms with Gasteiger partial charge in [-0.2, -0.15) is 0 Å². The van der Waals surface area contributed by atoms with Gasteiger partial charge >= 0.3 is 6.03 Å². The Morgan fingerprint density at radius 1 is 1.03 bits per heavy atom. The minimum Gasteiger partial charge on any atom is -0.508 e. The van der Waals surface area contributed by atoms with Crippen LogP contribution in [0.4, 0.5) is 16.2 Å². The fourth-order valence-electron chi connectivity index (χ4n) is 3.03. The Morgan fingerprint density at radius 2 is 1.76 bits per heavy atom. The van der Waals surface area contributed by atoms with Crippen LogP contribution in [0.25, 0.3) is 0 Å². The molecule has 154 valence electrons. The van der Waals surface area contributed by atoms with Crippen molar-refractivity contribution < 1.29 is 14.7 Å². The lowest BCUT2D eigenvalue weighted by Gasteiger charge is -2.36. The van der Waals surface area contributed by atoms with Crippen molar-refractivity contribution in [3.63, 3.8) is 0 Å². The number of phenolic OH excluding ortho intramolecular Hbond substituents is 1. The summed E-state index contributed by atoms with van der Waals surface area (Å²) in [5.41, 5.74) is 1.42. The first-order valence-corrected chi connectivity index (χ1v) is 9.94. The van der Waals surface area contributed by atoms with Crippen molar-refractivity contribution in [2.45, 2.75) is 13.0 Å². The number of hydrogen-bond donors (Lipinski definition) is 3. The SMILES string of the molecule is C[C@@H](NC(=O)N1CCN(c2ccc(Cl)c(Cl)c2)CC1)C(=O)Nc1cccc(O)c1. The quantitative estimate of drug-likeness (QED) is 0.683. The highest BCUT2D eigenvalue weighted by Crippen LogP contribution is 2.27. The molecule has 0 bridgehead atoms. The number of amides is 3. The van der Waals surface area contributed by atoms with Crippen LogP contribution in [0.3, 0.4) is 0 Å². The maximum absolute atomic E-state index is 12.5. The average molecular weight is 437 g/mol. The van der Waals surface area contributed by atoms with Crippen LogP contribution in [0.15, 0.2) is 42.5 Å². The van der Waals surface area contributed by atoms with Crippen molar-refractivity contribution in [2.75, 3.05) is 36.4 Å². The molecule has 2 aromatic rings. The number of hydrogen-bond acceptors (Lipinski definition) is 4. The first-order chi connectivity index (χ1) is 13.8. The molecule has 0 saturated carbocycles. The van der Waals surface area contributed by atoms with E-state index in [-0.39, 0.29) is 17.7 Å². The molecule has 3 N–H and O–H groups in total. The summed E-state index contributed by atoms with van der Waals surface area (Å²) in [6.45, 7) is 3.95. The molecule has 7 nitrogen and oxygen atoms in total. The summed E-state index contributed by atoms with van der Waals surface area (Å²) >= 11 is 12.0. The molecule has 1 aliphatic rings. The highest BCUT2D eigenvalue weighted by atomic mass is 35.5. The van der Waals surface area contributed by atoms with E-state index >= 15 is 0 Å². The summed E-state index contributed by atoms with van der Waals surface area (Å²) in [7, 11) is 0. The van der Waals surface area contributed by atoms with Gasteiger partial charge in [-0.05, 0) is 37.3 Å². The summed E-state index contributed by atoms with van der Waals surface area (Å²) in [4.78, 5) is 28.6. The molecule has 2 aromatic carbocycles. The van der Waals surface area contributed by atoms with E-state index < -0.39 is 6.04 Å². The predicted molar refractivity (Wildman–Crippen MR) is 115 cm³/mol. The standard InChI is InChI=1S/C20H22Cl2N4O3/c1-13(19(28)24-14-3-2-4-16(27)11-14)23-20(29)26-9-7-25(8-10-26)15-5-6-17(21)18(22)12-15/h2-6,11-13,27H,7-10H2,1H3,(H,23,29)(H,24,28)/t13-/m1/s1. The Hall–Kier alpha value is -2.64. The minimum absolute atomic E-state index is 0.0549. The van der Waals surface area contributed by atoms with E-state index in [9.17, 15) is 14.7 Å². The summed E-state index contributed by atoms with van der Waals surface area (Å²) in [5.74, 6) is -0.308. The normalized spacial score (nSPS) is 15.0. The Kier molecular flexibility index (Phi) is 6.71. The number of carbonyl (C=O) groups excluding carboxylic acids is 2. The van der Waals surface area contributed by atoms with E-state index in [2.05, 4.69) is 15.5 Å². The molecular weight excluding hydrogens is 415 g/mol. The molecule has 1 atom stereocenters. The van der Waals surface area contributed by atoms with Crippen molar-refractivity contribution in [3.8, 4) is 5.75 Å². The monoisotopic (exact) mass is 436 g/mol. The van der Waals surface area contributed by atoms with Crippen molar-refractivity contribution in [1.29, 1.82) is 0 Å². The number of aromatic hydroxyl groups is 1. The number of urea groups is 1. The molecule has 0 aromatic heterocycles. The van der Waals surface area contributed by atoms with E-state index in [1.807, 2.05) is 12.1 Å². The van der Waals surface area contributed by atoms with Crippen LogP contribution in [0.5, 0.6) is 5.75 Å². The number of nitrogens with zero attached hydrogens (tertiary/aromatic N) is 2. The van der Waals surface area contributed by atoms with Gasteiger partial charge in [0, 0.05) is 43.6 Å². The summed E-state index contributed by atoms with van der Waals surface area (Å²) in [6.07, 6.45) is 0. The Bertz CT molecular complexity index is 901. The number of halogens is 2. The molecule has 0 radical (unpaired) electrons. The Morgan fingerprint density at radius 3 is 2.41 bits per heavy atom. The zero-order valence-electron chi connectivity index (χ0n) is 15.9. The van der Waals surface area contributed by atoms with E-state index in [1.165, 1.54) is 12.1 Å². The van der Waals surface area contributed by atoms with Crippen LogP contribution >= 0.6 is 23.2 Å². The largest absolute Gasteiger partial charge is 0.508 e. The van der Waals surface area contributed by atoms with Gasteiger partial charge in [0.25, 0.3) is 0 Å². The second-order valence-electron chi connectivity index (χ2n) is 6.78. The molecule has 1 aliphatic heterocycles. The summed E-state index contributed by atoms with van der Waals surface area (Å²) < 4.78 is 0. The van der Waals surface area contributed by atoms with Crippen LogP contribution in [0, 0.1) is 0 Å². The van der Waals surface area contributed by atoms with E-state index in [1.54, 1.807) is 30.0 Å². The average Bonchev–Trinajstić information content (AvgIpc) is 2.70. The van der Waals surface area contributed by atoms with Gasteiger partial charge in [-0.25, -0.2) is 4.79 Å². The van der Waals surface area contributed by atoms with Crippen molar-refractivity contribution in [1.82, 2.24) is 10.2 Å². The molecule has 3 rings (SSSR count). The number of anilines is 2. The van der Waals surface area contributed by atoms with Crippen LogP contribution in [-0.4, -0.2) is 54.2 Å². The lowest BCUT2D eigenvalue weighted by Crippen LogP contribution is -2.54. The first kappa shape index (κ1) is 21.1. The maximum Gasteiger partial charge on any atom is 0.318 e. The lowest BCUT2D eigenvalue weighted by atomic mass is 10.2. The molecule has 1 saturated heterocycles. The Balaban J connectivity index is 1.49. The van der Waals surface area contributed by atoms with Crippen LogP contribution in [-0.2, 0) is 4.79 Å². The van der Waals surface area contributed by atoms with Gasteiger partial charge in [-0.15, -0.1) is 0 Å². The highest BCUT2D eigenvalue weighted by Gasteiger charge is 2.24. The zero-order chi connectivity index (χ0) is 21.0. The molecule has 1 fully saturated rings. The van der Waals surface area contributed by atoms with Gasteiger partial charge in [0.2, 0.25) is 5.91 Å². The predicted octanol–water partition coefficient (Wildman–Crippen LogP) is 3.56. The molecule has 0 spiro atoms. The molecule has 29 heavy (non-hydrogen) atoms. The van der Waals surface area contributed by atoms with E-state index in [0.717, 1.165) is 5.69 Å². The van der Waals surface area contributed by atoms with Crippen molar-refractivity contribution in [2.24, 2.45) is 0 Å². The fraction of sp³-hybridized carbons (Fsp3) is 0.300.